The van der Waals surface area contributed by atoms with Gasteiger partial charge in [0.05, 0.1) is 0 Å². The largest absolute Gasteiger partial charge is 0.340 e. The van der Waals surface area contributed by atoms with Crippen molar-refractivity contribution < 1.29 is 14.4 Å². The van der Waals surface area contributed by atoms with Crippen molar-refractivity contribution in [3.05, 3.63) is 24.3 Å². The number of carbonyl (C=O) groups is 3. The van der Waals surface area contributed by atoms with Gasteiger partial charge in [0.15, 0.2) is 0 Å². The Labute approximate surface area is 93.6 Å². The van der Waals surface area contributed by atoms with E-state index in [1.807, 2.05) is 0 Å². The van der Waals surface area contributed by atoms with Gasteiger partial charge >= 0.3 is 0 Å². The van der Waals surface area contributed by atoms with Crippen LogP contribution in [0.4, 0.5) is 0 Å². The molecule has 5 heteroatoms. The van der Waals surface area contributed by atoms with Crippen LogP contribution in [0.25, 0.3) is 0 Å². The standard InChI is InChI=1S/C11H14N2O3/c1-3-7(4-2)10(15)12-8-5-6-9(14)13-11(8)16/h3-4,8H,1,5-6H2,2H3,(H,12,15)(H,13,14,16)/b7-4+. The number of amides is 3. The van der Waals surface area contributed by atoms with E-state index in [2.05, 4.69) is 17.2 Å². The van der Waals surface area contributed by atoms with Crippen molar-refractivity contribution in [3.63, 3.8) is 0 Å². The molecule has 1 rings (SSSR count). The molecule has 0 aromatic rings. The maximum Gasteiger partial charge on any atom is 0.251 e. The summed E-state index contributed by atoms with van der Waals surface area (Å²) < 4.78 is 0. The van der Waals surface area contributed by atoms with Crippen molar-refractivity contribution in [2.24, 2.45) is 0 Å². The molecule has 0 spiro atoms. The molecule has 16 heavy (non-hydrogen) atoms. The van der Waals surface area contributed by atoms with Crippen LogP contribution in [-0.2, 0) is 14.4 Å². The number of rotatable bonds is 3. The molecule has 1 aliphatic heterocycles. The van der Waals surface area contributed by atoms with Crippen LogP contribution in [0.3, 0.4) is 0 Å². The molecule has 0 aliphatic carbocycles. The van der Waals surface area contributed by atoms with Gasteiger partial charge in [0.25, 0.3) is 5.91 Å². The Balaban J connectivity index is 2.61. The van der Waals surface area contributed by atoms with Gasteiger partial charge in [-0.25, -0.2) is 0 Å². The Morgan fingerprint density at radius 2 is 2.25 bits per heavy atom. The van der Waals surface area contributed by atoms with Crippen molar-refractivity contribution in [2.75, 3.05) is 0 Å². The maximum absolute atomic E-state index is 11.6. The second kappa shape index (κ2) is 5.25. The smallest absolute Gasteiger partial charge is 0.251 e. The Morgan fingerprint density at radius 1 is 1.56 bits per heavy atom. The zero-order chi connectivity index (χ0) is 12.1. The van der Waals surface area contributed by atoms with Gasteiger partial charge < -0.3 is 5.32 Å². The van der Waals surface area contributed by atoms with Gasteiger partial charge in [-0.1, -0.05) is 18.7 Å². The van der Waals surface area contributed by atoms with Crippen molar-refractivity contribution in [1.82, 2.24) is 10.6 Å². The minimum atomic E-state index is -0.639. The van der Waals surface area contributed by atoms with Gasteiger partial charge in [-0.15, -0.1) is 0 Å². The van der Waals surface area contributed by atoms with Crippen molar-refractivity contribution in [3.8, 4) is 0 Å². The van der Waals surface area contributed by atoms with E-state index in [0.29, 0.717) is 12.0 Å². The van der Waals surface area contributed by atoms with E-state index >= 15 is 0 Å². The fourth-order valence-corrected chi connectivity index (χ4v) is 1.41. The molecule has 86 valence electrons. The summed E-state index contributed by atoms with van der Waals surface area (Å²) in [6.07, 6.45) is 3.61. The predicted molar refractivity (Wildman–Crippen MR) is 58.3 cm³/mol. The van der Waals surface area contributed by atoms with Gasteiger partial charge in [0.2, 0.25) is 11.8 Å². The first-order valence-corrected chi connectivity index (χ1v) is 5.01. The molecule has 0 radical (unpaired) electrons. The van der Waals surface area contributed by atoms with Gasteiger partial charge in [0, 0.05) is 12.0 Å². The number of imide groups is 1. The SMILES string of the molecule is C=C/C(=C\C)C(=O)NC1CCC(=O)NC1=O. The minimum Gasteiger partial charge on any atom is -0.340 e. The van der Waals surface area contributed by atoms with E-state index in [9.17, 15) is 14.4 Å². The van der Waals surface area contributed by atoms with Crippen molar-refractivity contribution in [2.45, 2.75) is 25.8 Å². The summed E-state index contributed by atoms with van der Waals surface area (Å²) in [5.41, 5.74) is 0.407. The van der Waals surface area contributed by atoms with E-state index in [1.54, 1.807) is 13.0 Å². The monoisotopic (exact) mass is 222 g/mol. The summed E-state index contributed by atoms with van der Waals surface area (Å²) >= 11 is 0. The van der Waals surface area contributed by atoms with E-state index in [0.717, 1.165) is 0 Å². The van der Waals surface area contributed by atoms with Crippen LogP contribution in [0.1, 0.15) is 19.8 Å². The lowest BCUT2D eigenvalue weighted by atomic mass is 10.1. The zero-order valence-corrected chi connectivity index (χ0v) is 9.08. The highest BCUT2D eigenvalue weighted by atomic mass is 16.2. The molecule has 1 heterocycles. The highest BCUT2D eigenvalue weighted by Crippen LogP contribution is 2.05. The van der Waals surface area contributed by atoms with Crippen molar-refractivity contribution in [1.29, 1.82) is 0 Å². The molecule has 0 aromatic heterocycles. The molecule has 0 saturated carbocycles. The number of hydrogen-bond acceptors (Lipinski definition) is 3. The third-order valence-corrected chi connectivity index (χ3v) is 2.34. The Kier molecular flexibility index (Phi) is 3.99. The lowest BCUT2D eigenvalue weighted by Crippen LogP contribution is -2.52. The number of nitrogens with one attached hydrogen (secondary N) is 2. The van der Waals surface area contributed by atoms with Gasteiger partial charge in [-0.05, 0) is 13.3 Å². The lowest BCUT2D eigenvalue weighted by molar-refractivity contribution is -0.136. The van der Waals surface area contributed by atoms with E-state index < -0.39 is 11.9 Å². The normalized spacial score (nSPS) is 21.3. The van der Waals surface area contributed by atoms with Crippen LogP contribution in [0.5, 0.6) is 0 Å². The Bertz CT molecular complexity index is 371. The number of allylic oxidation sites excluding steroid dienone is 1. The molecule has 5 nitrogen and oxygen atoms in total. The highest BCUT2D eigenvalue weighted by molar-refractivity contribution is 6.04. The van der Waals surface area contributed by atoms with Crippen LogP contribution in [0.15, 0.2) is 24.3 Å². The molecule has 0 aromatic carbocycles. The molecule has 1 aliphatic rings. The molecule has 1 unspecified atom stereocenters. The molecule has 1 atom stereocenters. The molecule has 2 N–H and O–H groups in total. The molecular weight excluding hydrogens is 208 g/mol. The second-order valence-corrected chi connectivity index (χ2v) is 3.43. The van der Waals surface area contributed by atoms with Gasteiger partial charge in [-0.3, -0.25) is 19.7 Å². The summed E-state index contributed by atoms with van der Waals surface area (Å²) in [4.78, 5) is 33.8. The summed E-state index contributed by atoms with van der Waals surface area (Å²) in [7, 11) is 0. The number of hydrogen-bond donors (Lipinski definition) is 2. The average molecular weight is 222 g/mol. The van der Waals surface area contributed by atoms with Crippen LogP contribution < -0.4 is 10.6 Å². The number of carbonyl (C=O) groups excluding carboxylic acids is 3. The second-order valence-electron chi connectivity index (χ2n) is 3.43. The van der Waals surface area contributed by atoms with Gasteiger partial charge in [-0.2, -0.15) is 0 Å². The summed E-state index contributed by atoms with van der Waals surface area (Å²) in [6, 6.07) is -0.639. The number of piperidine rings is 1. The Morgan fingerprint density at radius 3 is 2.75 bits per heavy atom. The highest BCUT2D eigenvalue weighted by Gasteiger charge is 2.27. The first kappa shape index (κ1) is 12.2. The zero-order valence-electron chi connectivity index (χ0n) is 9.08. The third-order valence-electron chi connectivity index (χ3n) is 2.34. The van der Waals surface area contributed by atoms with Crippen LogP contribution in [-0.4, -0.2) is 23.8 Å². The topological polar surface area (TPSA) is 75.3 Å². The van der Waals surface area contributed by atoms with E-state index in [4.69, 9.17) is 0 Å². The fraction of sp³-hybridized carbons (Fsp3) is 0.364. The fourth-order valence-electron chi connectivity index (χ4n) is 1.41. The predicted octanol–water partition coefficient (Wildman–Crippen LogP) is 0.0401. The lowest BCUT2D eigenvalue weighted by Gasteiger charge is -2.21. The summed E-state index contributed by atoms with van der Waals surface area (Å²) in [6.45, 7) is 5.20. The average Bonchev–Trinajstić information content (AvgIpc) is 2.24. The van der Waals surface area contributed by atoms with Crippen LogP contribution in [0.2, 0.25) is 0 Å². The summed E-state index contributed by atoms with van der Waals surface area (Å²) in [5, 5.41) is 4.72. The molecular formula is C11H14N2O3. The molecule has 1 fully saturated rings. The minimum absolute atomic E-state index is 0.246. The first-order valence-electron chi connectivity index (χ1n) is 5.01. The maximum atomic E-state index is 11.6. The summed E-state index contributed by atoms with van der Waals surface area (Å²) in [5.74, 6) is -1.11. The molecule has 1 saturated heterocycles. The van der Waals surface area contributed by atoms with Crippen molar-refractivity contribution >= 4 is 17.7 Å². The Hall–Kier alpha value is -1.91. The van der Waals surface area contributed by atoms with Gasteiger partial charge in [0.1, 0.15) is 6.04 Å². The first-order chi connectivity index (χ1) is 7.58. The van der Waals surface area contributed by atoms with E-state index in [-0.39, 0.29) is 18.2 Å². The van der Waals surface area contributed by atoms with E-state index in [1.165, 1.54) is 6.08 Å². The van der Waals surface area contributed by atoms with Crippen LogP contribution >= 0.6 is 0 Å². The molecule has 3 amide bonds. The van der Waals surface area contributed by atoms with Crippen LogP contribution in [0, 0.1) is 0 Å². The quantitative estimate of drug-likeness (QED) is 0.402. The molecule has 0 bridgehead atoms. The third kappa shape index (κ3) is 2.79.